The lowest BCUT2D eigenvalue weighted by atomic mass is 10.1. The van der Waals surface area contributed by atoms with Crippen LogP contribution in [0, 0.1) is 13.8 Å². The maximum absolute atomic E-state index is 12.5. The summed E-state index contributed by atoms with van der Waals surface area (Å²) in [6.07, 6.45) is -1.49. The first-order valence-corrected chi connectivity index (χ1v) is 11.8. The van der Waals surface area contributed by atoms with Crippen molar-refractivity contribution in [3.05, 3.63) is 88.7 Å². The number of anilines is 2. The number of nitrogens with zero attached hydrogens (tertiary/aromatic N) is 3. The Morgan fingerprint density at radius 3 is 2.39 bits per heavy atom. The van der Waals surface area contributed by atoms with Crippen LogP contribution < -0.4 is 10.6 Å². The molecular weight excluding hydrogens is 523 g/mol. The summed E-state index contributed by atoms with van der Waals surface area (Å²) in [7, 11) is 0. The van der Waals surface area contributed by atoms with E-state index < -0.39 is 12.1 Å². The fourth-order valence-corrected chi connectivity index (χ4v) is 3.79. The molecule has 0 aliphatic heterocycles. The number of amides is 2. The smallest absolute Gasteiger partial charge is 0.475 e. The maximum atomic E-state index is 12.5. The Morgan fingerprint density at radius 2 is 1.76 bits per heavy atom. The molecule has 13 heteroatoms. The lowest BCUT2D eigenvalue weighted by Crippen LogP contribution is -2.21. The van der Waals surface area contributed by atoms with Gasteiger partial charge < -0.3 is 10.4 Å². The lowest BCUT2D eigenvalue weighted by molar-refractivity contribution is -0.192. The second kappa shape index (κ2) is 12.1. The van der Waals surface area contributed by atoms with Crippen molar-refractivity contribution in [1.82, 2.24) is 14.8 Å². The topological polar surface area (TPSA) is 126 Å². The van der Waals surface area contributed by atoms with Crippen LogP contribution in [0.1, 0.15) is 27.2 Å². The molecule has 0 unspecified atom stereocenters. The molecule has 0 aliphatic carbocycles. The molecule has 0 saturated heterocycles. The van der Waals surface area contributed by atoms with E-state index in [1.54, 1.807) is 35.3 Å². The van der Waals surface area contributed by atoms with Gasteiger partial charge in [-0.15, -0.1) is 11.3 Å². The standard InChI is InChI=1S/C23H21N5O2S.C2HF3O2/c1-15-5-3-6-17(9-15)10-21(29)26-19-12-24-28(13-19)20-8-4-7-18(11-20)22(30)27-23-25-16(2)14-31-23;3-2(4,5)1(6)7/h3-9,11-14H,10H2,1-2H3,(H,26,29)(H,25,27,30);(H,6,7). The maximum Gasteiger partial charge on any atom is 0.490 e. The van der Waals surface area contributed by atoms with Gasteiger partial charge in [0.05, 0.1) is 35.9 Å². The summed E-state index contributed by atoms with van der Waals surface area (Å²) in [5, 5.41) is 19.5. The minimum Gasteiger partial charge on any atom is -0.475 e. The second-order valence-corrected chi connectivity index (χ2v) is 8.85. The number of aromatic nitrogens is 3. The highest BCUT2D eigenvalue weighted by atomic mass is 32.1. The number of benzene rings is 2. The van der Waals surface area contributed by atoms with Crippen molar-refractivity contribution in [1.29, 1.82) is 0 Å². The molecular formula is C25H22F3N5O4S. The summed E-state index contributed by atoms with van der Waals surface area (Å²) in [5.41, 5.74) is 4.73. The average Bonchev–Trinajstić information content (AvgIpc) is 3.47. The van der Waals surface area contributed by atoms with Gasteiger partial charge in [0.25, 0.3) is 5.91 Å². The fraction of sp³-hybridized carbons (Fsp3) is 0.160. The Kier molecular flexibility index (Phi) is 8.97. The van der Waals surface area contributed by atoms with E-state index in [0.717, 1.165) is 16.8 Å². The Balaban J connectivity index is 0.000000505. The van der Waals surface area contributed by atoms with E-state index in [-0.39, 0.29) is 11.8 Å². The molecule has 0 fully saturated rings. The second-order valence-electron chi connectivity index (χ2n) is 7.99. The molecule has 0 radical (unpaired) electrons. The molecule has 9 nitrogen and oxygen atoms in total. The number of carbonyl (C=O) groups excluding carboxylic acids is 2. The summed E-state index contributed by atoms with van der Waals surface area (Å²) in [6.45, 7) is 3.87. The molecule has 3 N–H and O–H groups in total. The van der Waals surface area contributed by atoms with Crippen molar-refractivity contribution < 1.29 is 32.7 Å². The number of hydrogen-bond donors (Lipinski definition) is 3. The van der Waals surface area contributed by atoms with Gasteiger partial charge in [-0.2, -0.15) is 18.3 Å². The first-order chi connectivity index (χ1) is 17.9. The highest BCUT2D eigenvalue weighted by molar-refractivity contribution is 7.13. The Bertz CT molecular complexity index is 1450. The van der Waals surface area contributed by atoms with Gasteiger partial charge in [-0.1, -0.05) is 35.9 Å². The summed E-state index contributed by atoms with van der Waals surface area (Å²) in [5.74, 6) is -3.11. The molecule has 198 valence electrons. The highest BCUT2D eigenvalue weighted by Crippen LogP contribution is 2.18. The van der Waals surface area contributed by atoms with E-state index >= 15 is 0 Å². The van der Waals surface area contributed by atoms with Gasteiger partial charge in [-0.3, -0.25) is 14.9 Å². The summed E-state index contributed by atoms with van der Waals surface area (Å²) in [4.78, 5) is 38.0. The van der Waals surface area contributed by atoms with Crippen LogP contribution in [0.25, 0.3) is 5.69 Å². The van der Waals surface area contributed by atoms with E-state index in [2.05, 4.69) is 20.7 Å². The molecule has 2 amide bonds. The number of rotatable bonds is 6. The number of thiazole rings is 1. The van der Waals surface area contributed by atoms with Gasteiger partial charge in [0.15, 0.2) is 5.13 Å². The monoisotopic (exact) mass is 545 g/mol. The van der Waals surface area contributed by atoms with Crippen molar-refractivity contribution in [2.45, 2.75) is 26.4 Å². The number of aryl methyl sites for hydroxylation is 2. The SMILES string of the molecule is Cc1cccc(CC(=O)Nc2cnn(-c3cccc(C(=O)Nc4nc(C)cs4)c3)c2)c1.O=C(O)C(F)(F)F. The number of carbonyl (C=O) groups is 3. The number of carboxylic acids is 1. The minimum absolute atomic E-state index is 0.114. The normalized spacial score (nSPS) is 10.8. The third kappa shape index (κ3) is 8.27. The zero-order valence-electron chi connectivity index (χ0n) is 20.1. The zero-order chi connectivity index (χ0) is 27.9. The molecule has 0 saturated carbocycles. The Morgan fingerprint density at radius 1 is 1.05 bits per heavy atom. The fourth-order valence-electron chi connectivity index (χ4n) is 3.11. The third-order valence-corrected chi connectivity index (χ3v) is 5.64. The predicted molar refractivity (Wildman–Crippen MR) is 136 cm³/mol. The van der Waals surface area contributed by atoms with Gasteiger partial charge >= 0.3 is 12.1 Å². The molecule has 2 aromatic heterocycles. The average molecular weight is 546 g/mol. The number of halogens is 3. The molecule has 0 bridgehead atoms. The molecule has 38 heavy (non-hydrogen) atoms. The van der Waals surface area contributed by atoms with E-state index in [9.17, 15) is 22.8 Å². The van der Waals surface area contributed by atoms with Crippen molar-refractivity contribution in [2.75, 3.05) is 10.6 Å². The van der Waals surface area contributed by atoms with E-state index in [1.807, 2.05) is 49.6 Å². The van der Waals surface area contributed by atoms with Crippen molar-refractivity contribution in [3.8, 4) is 5.69 Å². The number of alkyl halides is 3. The van der Waals surface area contributed by atoms with Crippen LogP contribution in [0.15, 0.2) is 66.3 Å². The van der Waals surface area contributed by atoms with Gasteiger partial charge in [0.1, 0.15) is 0 Å². The summed E-state index contributed by atoms with van der Waals surface area (Å²) >= 11 is 1.38. The van der Waals surface area contributed by atoms with Crippen molar-refractivity contribution in [3.63, 3.8) is 0 Å². The first-order valence-electron chi connectivity index (χ1n) is 10.9. The third-order valence-electron chi connectivity index (χ3n) is 4.77. The van der Waals surface area contributed by atoms with Gasteiger partial charge in [-0.05, 0) is 37.6 Å². The van der Waals surface area contributed by atoms with Crippen LogP contribution in [-0.4, -0.2) is 43.8 Å². The van der Waals surface area contributed by atoms with Crippen LogP contribution in [0.3, 0.4) is 0 Å². The first kappa shape index (κ1) is 28.1. The van der Waals surface area contributed by atoms with Crippen LogP contribution in [0.5, 0.6) is 0 Å². The van der Waals surface area contributed by atoms with E-state index in [0.29, 0.717) is 28.5 Å². The molecule has 0 spiro atoms. The van der Waals surface area contributed by atoms with Crippen molar-refractivity contribution >= 4 is 39.9 Å². The minimum atomic E-state index is -5.08. The van der Waals surface area contributed by atoms with Gasteiger partial charge in [-0.25, -0.2) is 14.5 Å². The van der Waals surface area contributed by atoms with Gasteiger partial charge in [0.2, 0.25) is 5.91 Å². The lowest BCUT2D eigenvalue weighted by Gasteiger charge is -2.06. The molecule has 4 aromatic rings. The highest BCUT2D eigenvalue weighted by Gasteiger charge is 2.38. The van der Waals surface area contributed by atoms with Crippen LogP contribution in [0.4, 0.5) is 24.0 Å². The van der Waals surface area contributed by atoms with E-state index in [1.165, 1.54) is 11.3 Å². The Hall–Kier alpha value is -4.52. The molecule has 4 rings (SSSR count). The Labute approximate surface area is 219 Å². The summed E-state index contributed by atoms with van der Waals surface area (Å²) in [6, 6.07) is 15.0. The predicted octanol–water partition coefficient (Wildman–Crippen LogP) is 5.01. The zero-order valence-corrected chi connectivity index (χ0v) is 20.9. The quantitative estimate of drug-likeness (QED) is 0.313. The number of aliphatic carboxylic acids is 1. The molecule has 2 aromatic carbocycles. The van der Waals surface area contributed by atoms with Crippen LogP contribution in [-0.2, 0) is 16.0 Å². The largest absolute Gasteiger partial charge is 0.490 e. The van der Waals surface area contributed by atoms with E-state index in [4.69, 9.17) is 9.90 Å². The van der Waals surface area contributed by atoms with Crippen LogP contribution >= 0.6 is 11.3 Å². The molecule has 0 aliphatic rings. The number of carboxylic acid groups (broad SMARTS) is 1. The van der Waals surface area contributed by atoms with Crippen molar-refractivity contribution in [2.24, 2.45) is 0 Å². The molecule has 2 heterocycles. The number of hydrogen-bond acceptors (Lipinski definition) is 6. The van der Waals surface area contributed by atoms with Crippen LogP contribution in [0.2, 0.25) is 0 Å². The summed E-state index contributed by atoms with van der Waals surface area (Å²) < 4.78 is 33.4. The number of nitrogens with one attached hydrogen (secondary N) is 2. The van der Waals surface area contributed by atoms with Gasteiger partial charge in [0, 0.05) is 10.9 Å². The molecule has 0 atom stereocenters.